The van der Waals surface area contributed by atoms with Crippen LogP contribution in [-0.2, 0) is 13.6 Å². The first kappa shape index (κ1) is 11.6. The van der Waals surface area contributed by atoms with E-state index in [4.69, 9.17) is 0 Å². The molecule has 4 heteroatoms. The van der Waals surface area contributed by atoms with E-state index < -0.39 is 0 Å². The van der Waals surface area contributed by atoms with Gasteiger partial charge in [-0.15, -0.1) is 5.10 Å². The third kappa shape index (κ3) is 2.82. The molecular formula is C12H22N4. The molecule has 2 atom stereocenters. The zero-order chi connectivity index (χ0) is 11.4. The van der Waals surface area contributed by atoms with Crippen LogP contribution in [0.5, 0.6) is 0 Å². The number of rotatable bonds is 4. The van der Waals surface area contributed by atoms with E-state index in [9.17, 15) is 0 Å². The Balaban J connectivity index is 1.73. The summed E-state index contributed by atoms with van der Waals surface area (Å²) in [5.74, 6) is 1.74. The van der Waals surface area contributed by atoms with Crippen LogP contribution >= 0.6 is 0 Å². The number of hydrogen-bond donors (Lipinski definition) is 1. The van der Waals surface area contributed by atoms with Crippen LogP contribution in [0.4, 0.5) is 0 Å². The second kappa shape index (κ2) is 5.43. The molecule has 1 aromatic heterocycles. The van der Waals surface area contributed by atoms with Gasteiger partial charge in [0.1, 0.15) is 0 Å². The SMILES string of the molecule is CC1CCCCC1CNCc1cnnn1C. The Morgan fingerprint density at radius 2 is 2.25 bits per heavy atom. The van der Waals surface area contributed by atoms with E-state index in [0.717, 1.165) is 30.6 Å². The molecule has 0 spiro atoms. The Labute approximate surface area is 97.4 Å². The summed E-state index contributed by atoms with van der Waals surface area (Å²) in [6.07, 6.45) is 7.45. The molecule has 2 rings (SSSR count). The maximum absolute atomic E-state index is 3.92. The summed E-state index contributed by atoms with van der Waals surface area (Å²) in [5, 5.41) is 11.3. The molecule has 2 unspecified atom stereocenters. The summed E-state index contributed by atoms with van der Waals surface area (Å²) < 4.78 is 1.83. The third-order valence-corrected chi connectivity index (χ3v) is 3.81. The van der Waals surface area contributed by atoms with Crippen LogP contribution in [0.25, 0.3) is 0 Å². The van der Waals surface area contributed by atoms with Gasteiger partial charge in [0.15, 0.2) is 0 Å². The maximum Gasteiger partial charge on any atom is 0.0738 e. The van der Waals surface area contributed by atoms with Crippen molar-refractivity contribution in [2.45, 2.75) is 39.2 Å². The monoisotopic (exact) mass is 222 g/mol. The lowest BCUT2D eigenvalue weighted by Crippen LogP contribution is -2.29. The first-order chi connectivity index (χ1) is 7.77. The Hall–Kier alpha value is -0.900. The molecule has 1 aromatic rings. The van der Waals surface area contributed by atoms with Gasteiger partial charge in [0.2, 0.25) is 0 Å². The van der Waals surface area contributed by atoms with Crippen molar-refractivity contribution >= 4 is 0 Å². The molecule has 90 valence electrons. The lowest BCUT2D eigenvalue weighted by molar-refractivity contribution is 0.247. The number of aryl methyl sites for hydroxylation is 1. The van der Waals surface area contributed by atoms with Gasteiger partial charge in [0, 0.05) is 13.6 Å². The predicted molar refractivity (Wildman–Crippen MR) is 63.8 cm³/mol. The van der Waals surface area contributed by atoms with Crippen molar-refractivity contribution < 1.29 is 0 Å². The minimum Gasteiger partial charge on any atom is -0.311 e. The molecule has 1 heterocycles. The van der Waals surface area contributed by atoms with Crippen LogP contribution < -0.4 is 5.32 Å². The average Bonchev–Trinajstić information content (AvgIpc) is 2.67. The second-order valence-corrected chi connectivity index (χ2v) is 5.00. The van der Waals surface area contributed by atoms with Gasteiger partial charge in [-0.25, -0.2) is 0 Å². The molecule has 4 nitrogen and oxygen atoms in total. The topological polar surface area (TPSA) is 42.7 Å². The van der Waals surface area contributed by atoms with Crippen LogP contribution in [0.2, 0.25) is 0 Å². The number of nitrogens with one attached hydrogen (secondary N) is 1. The third-order valence-electron chi connectivity index (χ3n) is 3.81. The molecule has 0 aromatic carbocycles. The van der Waals surface area contributed by atoms with Crippen molar-refractivity contribution in [1.82, 2.24) is 20.3 Å². The molecule has 16 heavy (non-hydrogen) atoms. The number of nitrogens with zero attached hydrogens (tertiary/aromatic N) is 3. The molecular weight excluding hydrogens is 200 g/mol. The highest BCUT2D eigenvalue weighted by Gasteiger charge is 2.20. The number of aromatic nitrogens is 3. The lowest BCUT2D eigenvalue weighted by Gasteiger charge is -2.28. The summed E-state index contributed by atoms with van der Waals surface area (Å²) in [6, 6.07) is 0. The van der Waals surface area contributed by atoms with Gasteiger partial charge < -0.3 is 5.32 Å². The highest BCUT2D eigenvalue weighted by atomic mass is 15.4. The molecule has 1 saturated carbocycles. The first-order valence-corrected chi connectivity index (χ1v) is 6.31. The van der Waals surface area contributed by atoms with Crippen molar-refractivity contribution in [3.63, 3.8) is 0 Å². The molecule has 0 bridgehead atoms. The van der Waals surface area contributed by atoms with Gasteiger partial charge in [0.25, 0.3) is 0 Å². The van der Waals surface area contributed by atoms with Crippen LogP contribution in [-0.4, -0.2) is 21.5 Å². The summed E-state index contributed by atoms with van der Waals surface area (Å²) in [5.41, 5.74) is 1.16. The molecule has 1 aliphatic rings. The van der Waals surface area contributed by atoms with Gasteiger partial charge >= 0.3 is 0 Å². The van der Waals surface area contributed by atoms with E-state index in [2.05, 4.69) is 22.6 Å². The van der Waals surface area contributed by atoms with E-state index in [1.165, 1.54) is 25.7 Å². The van der Waals surface area contributed by atoms with Crippen LogP contribution in [0, 0.1) is 11.8 Å². The molecule has 1 N–H and O–H groups in total. The molecule has 0 aliphatic heterocycles. The van der Waals surface area contributed by atoms with Crippen molar-refractivity contribution in [1.29, 1.82) is 0 Å². The van der Waals surface area contributed by atoms with Crippen molar-refractivity contribution in [2.75, 3.05) is 6.54 Å². The molecule has 0 amide bonds. The van der Waals surface area contributed by atoms with Crippen molar-refractivity contribution in [3.8, 4) is 0 Å². The van der Waals surface area contributed by atoms with Gasteiger partial charge in [-0.1, -0.05) is 31.4 Å². The van der Waals surface area contributed by atoms with Gasteiger partial charge in [-0.05, 0) is 24.8 Å². The summed E-state index contributed by atoms with van der Waals surface area (Å²) in [4.78, 5) is 0. The minimum atomic E-state index is 0.856. The molecule has 1 fully saturated rings. The lowest BCUT2D eigenvalue weighted by atomic mass is 9.80. The van der Waals surface area contributed by atoms with E-state index in [1.807, 2.05) is 17.9 Å². The zero-order valence-corrected chi connectivity index (χ0v) is 10.3. The Bertz CT molecular complexity index is 321. The second-order valence-electron chi connectivity index (χ2n) is 5.00. The highest BCUT2D eigenvalue weighted by molar-refractivity contribution is 4.92. The van der Waals surface area contributed by atoms with Gasteiger partial charge in [-0.2, -0.15) is 0 Å². The maximum atomic E-state index is 3.92. The average molecular weight is 222 g/mol. The molecule has 0 saturated heterocycles. The minimum absolute atomic E-state index is 0.856. The quantitative estimate of drug-likeness (QED) is 0.843. The Morgan fingerprint density at radius 1 is 1.44 bits per heavy atom. The fourth-order valence-corrected chi connectivity index (χ4v) is 2.55. The normalized spacial score (nSPS) is 25.9. The standard InChI is InChI=1S/C12H22N4/c1-10-5-3-4-6-11(10)7-13-8-12-9-14-15-16(12)2/h9-11,13H,3-8H2,1-2H3. The largest absolute Gasteiger partial charge is 0.311 e. The van der Waals surface area contributed by atoms with Gasteiger partial charge in [-0.3, -0.25) is 4.68 Å². The first-order valence-electron chi connectivity index (χ1n) is 6.31. The summed E-state index contributed by atoms with van der Waals surface area (Å²) >= 11 is 0. The van der Waals surface area contributed by atoms with E-state index in [-0.39, 0.29) is 0 Å². The molecule has 1 aliphatic carbocycles. The Morgan fingerprint density at radius 3 is 2.94 bits per heavy atom. The zero-order valence-electron chi connectivity index (χ0n) is 10.3. The Kier molecular flexibility index (Phi) is 3.93. The van der Waals surface area contributed by atoms with Crippen LogP contribution in [0.15, 0.2) is 6.20 Å². The summed E-state index contributed by atoms with van der Waals surface area (Å²) in [6.45, 7) is 4.40. The number of hydrogen-bond acceptors (Lipinski definition) is 3. The van der Waals surface area contributed by atoms with E-state index >= 15 is 0 Å². The molecule has 0 radical (unpaired) electrons. The van der Waals surface area contributed by atoms with E-state index in [0.29, 0.717) is 0 Å². The highest BCUT2D eigenvalue weighted by Crippen LogP contribution is 2.28. The van der Waals surface area contributed by atoms with Crippen LogP contribution in [0.3, 0.4) is 0 Å². The van der Waals surface area contributed by atoms with Gasteiger partial charge in [0.05, 0.1) is 11.9 Å². The van der Waals surface area contributed by atoms with Crippen LogP contribution in [0.1, 0.15) is 38.3 Å². The fraction of sp³-hybridized carbons (Fsp3) is 0.833. The fourth-order valence-electron chi connectivity index (χ4n) is 2.55. The smallest absolute Gasteiger partial charge is 0.0738 e. The summed E-state index contributed by atoms with van der Waals surface area (Å²) in [7, 11) is 1.94. The van der Waals surface area contributed by atoms with E-state index in [1.54, 1.807) is 0 Å². The van der Waals surface area contributed by atoms with Crippen molar-refractivity contribution in [3.05, 3.63) is 11.9 Å². The predicted octanol–water partition coefficient (Wildman–Crippen LogP) is 1.73. The van der Waals surface area contributed by atoms with Crippen molar-refractivity contribution in [2.24, 2.45) is 18.9 Å².